The van der Waals surface area contributed by atoms with E-state index >= 15 is 0 Å². The number of rotatable bonds is 7. The van der Waals surface area contributed by atoms with Gasteiger partial charge in [0.1, 0.15) is 0 Å². The maximum absolute atomic E-state index is 4.89. The smallest absolute Gasteiger partial charge is 0.0367 e. The minimum absolute atomic E-state index is 0.0456. The van der Waals surface area contributed by atoms with Gasteiger partial charge in [0.05, 0.1) is 0 Å². The van der Waals surface area contributed by atoms with Gasteiger partial charge in [0, 0.05) is 35.0 Å². The molecule has 4 aliphatic rings. The summed E-state index contributed by atoms with van der Waals surface area (Å²) in [5.41, 5.74) is 9.95. The molecule has 2 aliphatic heterocycles. The molecule has 0 aromatic heterocycles. The van der Waals surface area contributed by atoms with E-state index in [1.807, 2.05) is 0 Å². The lowest BCUT2D eigenvalue weighted by atomic mass is 9.56. The summed E-state index contributed by atoms with van der Waals surface area (Å²) < 4.78 is 0. The third-order valence-electron chi connectivity index (χ3n) is 10.7. The number of allylic oxidation sites excluding steroid dienone is 7. The highest BCUT2D eigenvalue weighted by atomic mass is 15.2. The van der Waals surface area contributed by atoms with Crippen LogP contribution in [0.2, 0.25) is 0 Å². The van der Waals surface area contributed by atoms with Gasteiger partial charge in [-0.25, -0.2) is 0 Å². The number of likely N-dealkylation sites (tertiary alicyclic amines) is 1. The summed E-state index contributed by atoms with van der Waals surface area (Å²) >= 11 is 0. The fourth-order valence-corrected chi connectivity index (χ4v) is 8.01. The zero-order chi connectivity index (χ0) is 27.8. The van der Waals surface area contributed by atoms with Gasteiger partial charge < -0.3 is 9.80 Å². The van der Waals surface area contributed by atoms with Gasteiger partial charge in [-0.2, -0.15) is 0 Å². The monoisotopic (exact) mass is 522 g/mol. The third-order valence-corrected chi connectivity index (χ3v) is 10.7. The zero-order valence-electron chi connectivity index (χ0n) is 25.3. The maximum Gasteiger partial charge on any atom is 0.0367 e. The molecule has 2 heterocycles. The second-order valence-corrected chi connectivity index (χ2v) is 13.0. The van der Waals surface area contributed by atoms with Crippen molar-refractivity contribution in [3.8, 4) is 0 Å². The molecular weight excluding hydrogens is 472 g/mol. The van der Waals surface area contributed by atoms with Gasteiger partial charge >= 0.3 is 0 Å². The highest BCUT2D eigenvalue weighted by molar-refractivity contribution is 5.76. The van der Waals surface area contributed by atoms with Crippen LogP contribution in [0, 0.1) is 16.2 Å². The minimum Gasteiger partial charge on any atom is -0.370 e. The molecule has 2 atom stereocenters. The molecule has 0 bridgehead atoms. The fraction of sp³-hybridized carbons (Fsp3) is 0.514. The van der Waals surface area contributed by atoms with E-state index in [4.69, 9.17) is 6.58 Å². The predicted molar refractivity (Wildman–Crippen MR) is 169 cm³/mol. The lowest BCUT2D eigenvalue weighted by molar-refractivity contribution is 0.114. The average molecular weight is 523 g/mol. The topological polar surface area (TPSA) is 6.48 Å². The molecule has 208 valence electrons. The van der Waals surface area contributed by atoms with Crippen molar-refractivity contribution in [1.82, 2.24) is 9.80 Å². The van der Waals surface area contributed by atoms with Gasteiger partial charge in [-0.1, -0.05) is 107 Å². The van der Waals surface area contributed by atoms with Gasteiger partial charge in [-0.15, -0.1) is 0 Å². The van der Waals surface area contributed by atoms with Crippen LogP contribution in [0.3, 0.4) is 0 Å². The first-order valence-corrected chi connectivity index (χ1v) is 15.4. The van der Waals surface area contributed by atoms with Crippen molar-refractivity contribution in [2.24, 2.45) is 16.2 Å². The first-order valence-electron chi connectivity index (χ1n) is 15.4. The molecule has 5 rings (SSSR count). The van der Waals surface area contributed by atoms with Crippen LogP contribution in [0.15, 0.2) is 84.6 Å². The van der Waals surface area contributed by atoms with Crippen LogP contribution < -0.4 is 0 Å². The third kappa shape index (κ3) is 4.84. The molecule has 1 saturated heterocycles. The molecule has 1 aromatic carbocycles. The number of benzene rings is 1. The molecule has 2 heteroatoms. The standard InChI is InChI=1S/C37H50N2/c1-8-36(7)33(31-17-15-30(16-18-31)28(3)4)19-21-35(6)27-39(24-20-34(35)36)29(5)37(32-13-11-10-12-14-32)22-25-38(9-2)26-23-37/h11,13-20H,3,5,8-10,12,21-27H2,1-2,4,6-7H3. The second-order valence-electron chi connectivity index (χ2n) is 13.0. The molecule has 0 radical (unpaired) electrons. The minimum atomic E-state index is 0.0456. The normalized spacial score (nSPS) is 28.7. The molecule has 0 amide bonds. The Labute approximate surface area is 238 Å². The van der Waals surface area contributed by atoms with Crippen LogP contribution in [0.5, 0.6) is 0 Å². The molecule has 2 unspecified atom stereocenters. The summed E-state index contributed by atoms with van der Waals surface area (Å²) in [5, 5.41) is 0. The summed E-state index contributed by atoms with van der Waals surface area (Å²) in [4.78, 5) is 5.27. The van der Waals surface area contributed by atoms with Gasteiger partial charge in [0.25, 0.3) is 0 Å². The first-order chi connectivity index (χ1) is 18.7. The van der Waals surface area contributed by atoms with Crippen molar-refractivity contribution in [1.29, 1.82) is 0 Å². The fourth-order valence-electron chi connectivity index (χ4n) is 8.01. The van der Waals surface area contributed by atoms with Crippen LogP contribution in [-0.2, 0) is 0 Å². The van der Waals surface area contributed by atoms with E-state index < -0.39 is 0 Å². The van der Waals surface area contributed by atoms with Crippen LogP contribution in [0.25, 0.3) is 11.1 Å². The molecule has 39 heavy (non-hydrogen) atoms. The lowest BCUT2D eigenvalue weighted by Gasteiger charge is -2.55. The molecule has 2 nitrogen and oxygen atoms in total. The van der Waals surface area contributed by atoms with Crippen LogP contribution >= 0.6 is 0 Å². The van der Waals surface area contributed by atoms with Crippen molar-refractivity contribution in [2.75, 3.05) is 32.7 Å². The summed E-state index contributed by atoms with van der Waals surface area (Å²) in [7, 11) is 0. The maximum atomic E-state index is 4.89. The summed E-state index contributed by atoms with van der Waals surface area (Å²) in [6, 6.07) is 9.09. The van der Waals surface area contributed by atoms with Crippen molar-refractivity contribution in [3.63, 3.8) is 0 Å². The second kappa shape index (κ2) is 10.8. The molecule has 0 saturated carbocycles. The van der Waals surface area contributed by atoms with E-state index in [2.05, 4.69) is 106 Å². The molecule has 0 N–H and O–H groups in total. The highest BCUT2D eigenvalue weighted by Crippen LogP contribution is 2.58. The van der Waals surface area contributed by atoms with Gasteiger partial charge in [0.2, 0.25) is 0 Å². The largest absolute Gasteiger partial charge is 0.370 e. The van der Waals surface area contributed by atoms with Crippen LogP contribution in [-0.4, -0.2) is 42.5 Å². The SMILES string of the molecule is C=C(C)c1ccc(C2=CCC3(C)CN(C(=C)C4(C5=CCCC=C5)CCN(CC)CC4)CC=C3C2(C)CC)cc1. The Morgan fingerprint density at radius 2 is 1.67 bits per heavy atom. The Morgan fingerprint density at radius 3 is 2.26 bits per heavy atom. The Hall–Kier alpha value is -2.58. The van der Waals surface area contributed by atoms with Crippen molar-refractivity contribution >= 4 is 11.1 Å². The molecule has 0 spiro atoms. The molecule has 2 aliphatic carbocycles. The van der Waals surface area contributed by atoms with Gasteiger partial charge in [0.15, 0.2) is 0 Å². The van der Waals surface area contributed by atoms with E-state index in [1.165, 1.54) is 47.2 Å². The average Bonchev–Trinajstić information content (AvgIpc) is 2.97. The summed E-state index contributed by atoms with van der Waals surface area (Å²) in [6.07, 6.45) is 19.3. The van der Waals surface area contributed by atoms with E-state index in [-0.39, 0.29) is 16.2 Å². The van der Waals surface area contributed by atoms with Crippen LogP contribution in [0.1, 0.15) is 84.3 Å². The first kappa shape index (κ1) is 28.0. The zero-order valence-corrected chi connectivity index (χ0v) is 25.3. The molecular formula is C37H50N2. The number of piperidine rings is 1. The number of nitrogens with zero attached hydrogens (tertiary/aromatic N) is 2. The van der Waals surface area contributed by atoms with E-state index in [0.717, 1.165) is 57.6 Å². The van der Waals surface area contributed by atoms with E-state index in [9.17, 15) is 0 Å². The van der Waals surface area contributed by atoms with E-state index in [0.29, 0.717) is 0 Å². The summed E-state index contributed by atoms with van der Waals surface area (Å²) in [5.74, 6) is 0. The van der Waals surface area contributed by atoms with Gasteiger partial charge in [-0.3, -0.25) is 0 Å². The predicted octanol–water partition coefficient (Wildman–Crippen LogP) is 9.06. The molecule has 1 aromatic rings. The Balaban J connectivity index is 1.45. The lowest BCUT2D eigenvalue weighted by Crippen LogP contribution is -2.51. The van der Waals surface area contributed by atoms with Gasteiger partial charge in [-0.05, 0) is 87.4 Å². The van der Waals surface area contributed by atoms with Crippen LogP contribution in [0.4, 0.5) is 0 Å². The molecule has 1 fully saturated rings. The highest BCUT2D eigenvalue weighted by Gasteiger charge is 2.49. The Bertz CT molecular complexity index is 1230. The Kier molecular flexibility index (Phi) is 7.72. The van der Waals surface area contributed by atoms with Crippen molar-refractivity contribution < 1.29 is 0 Å². The quantitative estimate of drug-likeness (QED) is 0.330. The van der Waals surface area contributed by atoms with Crippen molar-refractivity contribution in [2.45, 2.75) is 73.1 Å². The van der Waals surface area contributed by atoms with Crippen molar-refractivity contribution in [3.05, 3.63) is 95.8 Å². The Morgan fingerprint density at radius 1 is 0.949 bits per heavy atom. The summed E-state index contributed by atoms with van der Waals surface area (Å²) in [6.45, 7) is 26.3. The number of hydrogen-bond acceptors (Lipinski definition) is 2. The number of hydrogen-bond donors (Lipinski definition) is 0. The van der Waals surface area contributed by atoms with E-state index in [1.54, 1.807) is 5.57 Å². The number of fused-ring (bicyclic) bond motifs is 1.